The summed E-state index contributed by atoms with van der Waals surface area (Å²) in [7, 11) is 1.57. The van der Waals surface area contributed by atoms with E-state index in [9.17, 15) is 14.4 Å². The number of unbranched alkanes of at least 4 members (excludes halogenated alkanes) is 7. The normalized spacial score (nSPS) is 15.1. The molecule has 2 N–H and O–H groups in total. The zero-order chi connectivity index (χ0) is 26.9. The van der Waals surface area contributed by atoms with E-state index in [1.165, 1.54) is 32.1 Å². The SMILES string of the molecule is CCCCCCCCCCOC(=O)CC1C(=O)NCCN1C(=S)NC(=O)c1ccccc1OCCOC. The lowest BCUT2D eigenvalue weighted by atomic mass is 10.1. The molecule has 1 aromatic rings. The minimum Gasteiger partial charge on any atom is -0.490 e. The quantitative estimate of drug-likeness (QED) is 0.188. The van der Waals surface area contributed by atoms with Gasteiger partial charge in [-0.05, 0) is 30.8 Å². The van der Waals surface area contributed by atoms with Crippen LogP contribution in [0.3, 0.4) is 0 Å². The highest BCUT2D eigenvalue weighted by molar-refractivity contribution is 7.80. The second-order valence-electron chi connectivity index (χ2n) is 9.00. The highest BCUT2D eigenvalue weighted by Crippen LogP contribution is 2.18. The third kappa shape index (κ3) is 11.1. The van der Waals surface area contributed by atoms with Crippen LogP contribution in [-0.4, -0.2) is 73.9 Å². The molecular weight excluding hydrogens is 494 g/mol. The van der Waals surface area contributed by atoms with Crippen molar-refractivity contribution in [2.45, 2.75) is 70.8 Å². The van der Waals surface area contributed by atoms with Crippen molar-refractivity contribution in [3.8, 4) is 5.75 Å². The largest absolute Gasteiger partial charge is 0.490 e. The van der Waals surface area contributed by atoms with E-state index in [1.54, 1.807) is 36.3 Å². The van der Waals surface area contributed by atoms with Gasteiger partial charge in [-0.3, -0.25) is 19.7 Å². The maximum Gasteiger partial charge on any atom is 0.308 e. The van der Waals surface area contributed by atoms with E-state index < -0.39 is 17.9 Å². The van der Waals surface area contributed by atoms with Crippen molar-refractivity contribution < 1.29 is 28.6 Å². The summed E-state index contributed by atoms with van der Waals surface area (Å²) in [4.78, 5) is 39.5. The summed E-state index contributed by atoms with van der Waals surface area (Å²) < 4.78 is 16.0. The van der Waals surface area contributed by atoms with Crippen LogP contribution in [-0.2, 0) is 19.1 Å². The summed E-state index contributed by atoms with van der Waals surface area (Å²) in [6, 6.07) is 5.96. The van der Waals surface area contributed by atoms with Gasteiger partial charge >= 0.3 is 5.97 Å². The number of carbonyl (C=O) groups is 3. The maximum atomic E-state index is 12.9. The van der Waals surface area contributed by atoms with E-state index in [4.69, 9.17) is 26.4 Å². The van der Waals surface area contributed by atoms with Crippen LogP contribution in [0.15, 0.2) is 24.3 Å². The number of para-hydroxylation sites is 1. The van der Waals surface area contributed by atoms with Gasteiger partial charge in [-0.2, -0.15) is 0 Å². The third-order valence-electron chi connectivity index (χ3n) is 6.11. The fourth-order valence-electron chi connectivity index (χ4n) is 4.05. The monoisotopic (exact) mass is 535 g/mol. The van der Waals surface area contributed by atoms with Gasteiger partial charge in [-0.15, -0.1) is 0 Å². The van der Waals surface area contributed by atoms with Crippen LogP contribution in [0.1, 0.15) is 75.1 Å². The molecule has 0 aliphatic carbocycles. The molecule has 37 heavy (non-hydrogen) atoms. The summed E-state index contributed by atoms with van der Waals surface area (Å²) in [5.74, 6) is -0.839. The topological polar surface area (TPSA) is 106 Å². The fraction of sp³-hybridized carbons (Fsp3) is 0.630. The lowest BCUT2D eigenvalue weighted by Gasteiger charge is -2.36. The number of piperazine rings is 1. The van der Waals surface area contributed by atoms with Crippen molar-refractivity contribution in [1.29, 1.82) is 0 Å². The number of nitrogens with one attached hydrogen (secondary N) is 2. The Balaban J connectivity index is 1.84. The average molecular weight is 536 g/mol. The first-order valence-electron chi connectivity index (χ1n) is 13.2. The van der Waals surface area contributed by atoms with Crippen LogP contribution in [0, 0.1) is 0 Å². The Labute approximate surface area is 225 Å². The number of carbonyl (C=O) groups excluding carboxylic acids is 3. The number of hydrogen-bond acceptors (Lipinski definition) is 7. The number of ether oxygens (including phenoxy) is 3. The van der Waals surface area contributed by atoms with Gasteiger partial charge in [-0.25, -0.2) is 0 Å². The number of benzene rings is 1. The Morgan fingerprint density at radius 1 is 1.05 bits per heavy atom. The Hall–Kier alpha value is -2.72. The minimum absolute atomic E-state index is 0.0763. The molecule has 1 aliphatic rings. The van der Waals surface area contributed by atoms with E-state index in [-0.39, 0.29) is 17.4 Å². The summed E-state index contributed by atoms with van der Waals surface area (Å²) in [6.45, 7) is 3.94. The Kier molecular flexibility index (Phi) is 14.6. The van der Waals surface area contributed by atoms with Crippen LogP contribution < -0.4 is 15.4 Å². The van der Waals surface area contributed by atoms with E-state index in [1.807, 2.05) is 0 Å². The molecule has 1 aliphatic heterocycles. The molecule has 0 spiro atoms. The highest BCUT2D eigenvalue weighted by atomic mass is 32.1. The molecule has 0 aromatic heterocycles. The van der Waals surface area contributed by atoms with Crippen LogP contribution >= 0.6 is 12.2 Å². The summed E-state index contributed by atoms with van der Waals surface area (Å²) in [5.41, 5.74) is 0.309. The lowest BCUT2D eigenvalue weighted by Crippen LogP contribution is -2.60. The maximum absolute atomic E-state index is 12.9. The van der Waals surface area contributed by atoms with Gasteiger partial charge in [0, 0.05) is 20.2 Å². The second-order valence-corrected chi connectivity index (χ2v) is 9.38. The first kappa shape index (κ1) is 30.5. The molecule has 1 atom stereocenters. The van der Waals surface area contributed by atoms with Crippen LogP contribution in [0.2, 0.25) is 0 Å². The van der Waals surface area contributed by atoms with E-state index in [0.717, 1.165) is 19.3 Å². The number of esters is 1. The Bertz CT molecular complexity index is 881. The number of thiocarbonyl (C=S) groups is 1. The van der Waals surface area contributed by atoms with E-state index >= 15 is 0 Å². The molecule has 1 unspecified atom stereocenters. The molecule has 0 radical (unpaired) electrons. The number of nitrogens with zero attached hydrogens (tertiary/aromatic N) is 1. The Morgan fingerprint density at radius 2 is 1.76 bits per heavy atom. The van der Waals surface area contributed by atoms with Gasteiger partial charge in [0.1, 0.15) is 18.4 Å². The average Bonchev–Trinajstić information content (AvgIpc) is 2.89. The van der Waals surface area contributed by atoms with Crippen molar-refractivity contribution in [2.75, 3.05) is 40.0 Å². The third-order valence-corrected chi connectivity index (χ3v) is 6.45. The van der Waals surface area contributed by atoms with Gasteiger partial charge in [-0.1, -0.05) is 64.0 Å². The van der Waals surface area contributed by atoms with Gasteiger partial charge in [0.2, 0.25) is 5.91 Å². The lowest BCUT2D eigenvalue weighted by molar-refractivity contribution is -0.147. The molecule has 9 nitrogen and oxygen atoms in total. The number of hydrogen-bond donors (Lipinski definition) is 2. The van der Waals surface area contributed by atoms with Crippen molar-refractivity contribution in [2.24, 2.45) is 0 Å². The van der Waals surface area contributed by atoms with Crippen molar-refractivity contribution >= 4 is 35.1 Å². The molecule has 2 amide bonds. The zero-order valence-electron chi connectivity index (χ0n) is 22.1. The number of methoxy groups -OCH3 is 1. The summed E-state index contributed by atoms with van der Waals surface area (Å²) in [5, 5.41) is 5.51. The van der Waals surface area contributed by atoms with Crippen molar-refractivity contribution in [3.05, 3.63) is 29.8 Å². The van der Waals surface area contributed by atoms with E-state index in [2.05, 4.69) is 17.6 Å². The molecule has 1 saturated heterocycles. The van der Waals surface area contributed by atoms with Crippen LogP contribution in [0.25, 0.3) is 0 Å². The Morgan fingerprint density at radius 3 is 2.49 bits per heavy atom. The predicted molar refractivity (Wildman–Crippen MR) is 146 cm³/mol. The second kappa shape index (κ2) is 17.7. The van der Waals surface area contributed by atoms with Gasteiger partial charge in [0.25, 0.3) is 5.91 Å². The summed E-state index contributed by atoms with van der Waals surface area (Å²) >= 11 is 5.46. The van der Waals surface area contributed by atoms with Gasteiger partial charge < -0.3 is 24.4 Å². The highest BCUT2D eigenvalue weighted by Gasteiger charge is 2.34. The molecule has 2 rings (SSSR count). The standard InChI is InChI=1S/C27H41N3O6S/c1-3-4-5-6-7-8-9-12-17-36-24(31)20-22-26(33)28-15-16-30(22)27(37)29-25(32)21-13-10-11-14-23(21)35-19-18-34-2/h10-11,13-14,22H,3-9,12,15-20H2,1-2H3,(H,28,33)(H,29,32,37). The first-order chi connectivity index (χ1) is 18.0. The smallest absolute Gasteiger partial charge is 0.308 e. The first-order valence-corrected chi connectivity index (χ1v) is 13.6. The van der Waals surface area contributed by atoms with Crippen molar-refractivity contribution in [1.82, 2.24) is 15.5 Å². The molecule has 1 heterocycles. The summed E-state index contributed by atoms with van der Waals surface area (Å²) in [6.07, 6.45) is 9.07. The van der Waals surface area contributed by atoms with Gasteiger partial charge in [0.05, 0.1) is 25.2 Å². The number of amides is 2. The molecule has 0 bridgehead atoms. The zero-order valence-corrected chi connectivity index (χ0v) is 22.9. The van der Waals surface area contributed by atoms with Crippen LogP contribution in [0.5, 0.6) is 5.75 Å². The van der Waals surface area contributed by atoms with Crippen LogP contribution in [0.4, 0.5) is 0 Å². The van der Waals surface area contributed by atoms with Crippen molar-refractivity contribution in [3.63, 3.8) is 0 Å². The minimum atomic E-state index is -0.846. The molecule has 1 fully saturated rings. The molecule has 0 saturated carbocycles. The molecular formula is C27H41N3O6S. The van der Waals surface area contributed by atoms with E-state index in [0.29, 0.717) is 44.2 Å². The molecule has 10 heteroatoms. The molecule has 1 aromatic carbocycles. The fourth-order valence-corrected chi connectivity index (χ4v) is 4.36. The molecule has 206 valence electrons. The predicted octanol–water partition coefficient (Wildman–Crippen LogP) is 3.60. The number of rotatable bonds is 16. The van der Waals surface area contributed by atoms with Gasteiger partial charge in [0.15, 0.2) is 5.11 Å².